The van der Waals surface area contributed by atoms with Crippen LogP contribution in [0.15, 0.2) is 22.8 Å². The quantitative estimate of drug-likeness (QED) is 0.881. The average molecular weight is 247 g/mol. The van der Waals surface area contributed by atoms with E-state index in [-0.39, 0.29) is 6.04 Å². The van der Waals surface area contributed by atoms with Crippen LogP contribution in [0.4, 0.5) is 0 Å². The second-order valence-corrected chi connectivity index (χ2v) is 4.20. The summed E-state index contributed by atoms with van der Waals surface area (Å²) in [4.78, 5) is 0. The van der Waals surface area contributed by atoms with Gasteiger partial charge in [0.05, 0.1) is 6.04 Å². The summed E-state index contributed by atoms with van der Waals surface area (Å²) in [6.07, 6.45) is 0. The maximum absolute atomic E-state index is 5.87. The maximum atomic E-state index is 5.87. The van der Waals surface area contributed by atoms with Crippen molar-refractivity contribution < 1.29 is 14.1 Å². The molecule has 1 unspecified atom stereocenters. The van der Waals surface area contributed by atoms with Crippen LogP contribution in [0.2, 0.25) is 0 Å². The van der Waals surface area contributed by atoms with E-state index in [1.807, 2.05) is 25.1 Å². The maximum Gasteiger partial charge on any atom is 0.145 e. The topological polar surface area (TPSA) is 83.4 Å². The van der Waals surface area contributed by atoms with Crippen molar-refractivity contribution >= 4 is 0 Å². The normalized spacial score (nSPS) is 17.3. The first-order valence-electron chi connectivity index (χ1n) is 5.67. The van der Waals surface area contributed by atoms with E-state index >= 15 is 0 Å². The predicted octanol–water partition coefficient (Wildman–Crippen LogP) is 1.35. The zero-order valence-electron chi connectivity index (χ0n) is 9.92. The fourth-order valence-corrected chi connectivity index (χ4v) is 1.84. The predicted molar refractivity (Wildman–Crippen MR) is 62.2 cm³/mol. The number of rotatable bonds is 3. The molecule has 1 aromatic heterocycles. The van der Waals surface area contributed by atoms with Gasteiger partial charge in [-0.15, -0.1) is 0 Å². The van der Waals surface area contributed by atoms with Crippen LogP contribution in [-0.2, 0) is 6.61 Å². The molecule has 6 nitrogen and oxygen atoms in total. The van der Waals surface area contributed by atoms with Gasteiger partial charge < -0.3 is 15.2 Å². The molecule has 1 aromatic carbocycles. The molecular formula is C12H13N3O3. The number of benzene rings is 1. The van der Waals surface area contributed by atoms with Gasteiger partial charge in [0.1, 0.15) is 36.1 Å². The molecule has 0 saturated heterocycles. The Morgan fingerprint density at radius 2 is 2.33 bits per heavy atom. The van der Waals surface area contributed by atoms with Crippen LogP contribution in [0.5, 0.6) is 11.5 Å². The first-order chi connectivity index (χ1) is 8.74. The highest BCUT2D eigenvalue weighted by Crippen LogP contribution is 2.34. The molecule has 6 heteroatoms. The molecular weight excluding hydrogens is 234 g/mol. The van der Waals surface area contributed by atoms with Gasteiger partial charge in [0.15, 0.2) is 0 Å². The van der Waals surface area contributed by atoms with Gasteiger partial charge in [-0.1, -0.05) is 10.3 Å². The van der Waals surface area contributed by atoms with Crippen molar-refractivity contribution in [1.29, 1.82) is 0 Å². The zero-order chi connectivity index (χ0) is 12.5. The van der Waals surface area contributed by atoms with Crippen LogP contribution in [0.25, 0.3) is 0 Å². The number of hydrogen-bond acceptors (Lipinski definition) is 6. The van der Waals surface area contributed by atoms with Crippen LogP contribution in [0, 0.1) is 6.92 Å². The molecule has 2 heterocycles. The summed E-state index contributed by atoms with van der Waals surface area (Å²) in [7, 11) is 0. The molecule has 1 atom stereocenters. The molecule has 0 bridgehead atoms. The Balaban J connectivity index is 1.73. The van der Waals surface area contributed by atoms with Crippen LogP contribution in [-0.4, -0.2) is 16.9 Å². The van der Waals surface area contributed by atoms with E-state index in [0.717, 1.165) is 17.0 Å². The molecule has 2 N–H and O–H groups in total. The molecule has 1 aliphatic rings. The number of fused-ring (bicyclic) bond motifs is 1. The van der Waals surface area contributed by atoms with Gasteiger partial charge in [-0.2, -0.15) is 0 Å². The van der Waals surface area contributed by atoms with E-state index in [9.17, 15) is 0 Å². The number of aromatic nitrogens is 2. The summed E-state index contributed by atoms with van der Waals surface area (Å²) in [5, 5.41) is 7.44. The Morgan fingerprint density at radius 1 is 1.44 bits per heavy atom. The van der Waals surface area contributed by atoms with Gasteiger partial charge >= 0.3 is 0 Å². The number of nitrogens with zero attached hydrogens (tertiary/aromatic N) is 2. The summed E-state index contributed by atoms with van der Waals surface area (Å²) < 4.78 is 15.7. The number of nitrogens with two attached hydrogens (primary N) is 1. The van der Waals surface area contributed by atoms with Crippen LogP contribution < -0.4 is 15.2 Å². The van der Waals surface area contributed by atoms with Crippen molar-refractivity contribution in [3.63, 3.8) is 0 Å². The Hall–Kier alpha value is -2.08. The highest BCUT2D eigenvalue weighted by Gasteiger charge is 2.20. The summed E-state index contributed by atoms with van der Waals surface area (Å²) in [6, 6.07) is 5.59. The second-order valence-electron chi connectivity index (χ2n) is 4.20. The summed E-state index contributed by atoms with van der Waals surface area (Å²) in [5.41, 5.74) is 8.31. The first kappa shape index (κ1) is 11.0. The third-order valence-electron chi connectivity index (χ3n) is 2.92. The van der Waals surface area contributed by atoms with Crippen LogP contribution in [0.1, 0.15) is 23.0 Å². The lowest BCUT2D eigenvalue weighted by atomic mass is 10.1. The molecule has 0 aliphatic carbocycles. The summed E-state index contributed by atoms with van der Waals surface area (Å²) in [5.74, 6) is 1.50. The lowest BCUT2D eigenvalue weighted by molar-refractivity contribution is 0.269. The van der Waals surface area contributed by atoms with E-state index in [1.165, 1.54) is 0 Å². The largest absolute Gasteiger partial charge is 0.491 e. The lowest BCUT2D eigenvalue weighted by Gasteiger charge is -2.06. The Bertz CT molecular complexity index is 567. The van der Waals surface area contributed by atoms with Crippen molar-refractivity contribution in [1.82, 2.24) is 10.3 Å². The van der Waals surface area contributed by atoms with Crippen LogP contribution in [0.3, 0.4) is 0 Å². The highest BCUT2D eigenvalue weighted by molar-refractivity contribution is 5.44. The van der Waals surface area contributed by atoms with E-state index in [4.69, 9.17) is 15.2 Å². The first-order valence-corrected chi connectivity index (χ1v) is 5.67. The highest BCUT2D eigenvalue weighted by atomic mass is 16.6. The Kier molecular flexibility index (Phi) is 2.64. The van der Waals surface area contributed by atoms with Gasteiger partial charge in [-0.3, -0.25) is 0 Å². The van der Waals surface area contributed by atoms with E-state index in [2.05, 4.69) is 14.9 Å². The third-order valence-corrected chi connectivity index (χ3v) is 2.92. The summed E-state index contributed by atoms with van der Waals surface area (Å²) >= 11 is 0. The van der Waals surface area contributed by atoms with Crippen molar-refractivity contribution in [2.24, 2.45) is 5.73 Å². The standard InChI is InChI=1S/C12H13N3O3/c1-7-11(15-18-14-7)6-16-8-2-3-9-10(13)5-17-12(9)4-8/h2-4,10H,5-6,13H2,1H3. The molecule has 0 amide bonds. The fraction of sp³-hybridized carbons (Fsp3) is 0.333. The smallest absolute Gasteiger partial charge is 0.145 e. The van der Waals surface area contributed by atoms with Gasteiger partial charge in [-0.25, -0.2) is 4.63 Å². The number of aryl methyl sites for hydroxylation is 1. The molecule has 1 aliphatic heterocycles. The van der Waals surface area contributed by atoms with Gasteiger partial charge in [0.25, 0.3) is 0 Å². The molecule has 0 saturated carbocycles. The minimum absolute atomic E-state index is 0.0453. The van der Waals surface area contributed by atoms with E-state index in [0.29, 0.717) is 24.7 Å². The van der Waals surface area contributed by atoms with Gasteiger partial charge in [-0.05, 0) is 19.1 Å². The van der Waals surface area contributed by atoms with Crippen molar-refractivity contribution in [3.8, 4) is 11.5 Å². The Labute approximate surface area is 104 Å². The molecule has 0 fully saturated rings. The van der Waals surface area contributed by atoms with Crippen molar-refractivity contribution in [2.75, 3.05) is 6.61 Å². The monoisotopic (exact) mass is 247 g/mol. The van der Waals surface area contributed by atoms with Gasteiger partial charge in [0.2, 0.25) is 0 Å². The zero-order valence-corrected chi connectivity index (χ0v) is 9.92. The molecule has 0 spiro atoms. The van der Waals surface area contributed by atoms with Crippen molar-refractivity contribution in [3.05, 3.63) is 35.2 Å². The number of ether oxygens (including phenoxy) is 2. The second kappa shape index (κ2) is 4.30. The molecule has 18 heavy (non-hydrogen) atoms. The minimum atomic E-state index is -0.0453. The molecule has 94 valence electrons. The van der Waals surface area contributed by atoms with E-state index < -0.39 is 0 Å². The number of hydrogen-bond donors (Lipinski definition) is 1. The van der Waals surface area contributed by atoms with Crippen LogP contribution >= 0.6 is 0 Å². The molecule has 2 aromatic rings. The SMILES string of the molecule is Cc1nonc1COc1ccc2c(c1)OCC2N. The van der Waals surface area contributed by atoms with E-state index in [1.54, 1.807) is 0 Å². The fourth-order valence-electron chi connectivity index (χ4n) is 1.84. The molecule has 0 radical (unpaired) electrons. The minimum Gasteiger partial charge on any atom is -0.491 e. The van der Waals surface area contributed by atoms with Gasteiger partial charge in [0, 0.05) is 11.6 Å². The summed E-state index contributed by atoms with van der Waals surface area (Å²) in [6.45, 7) is 2.66. The van der Waals surface area contributed by atoms with Crippen molar-refractivity contribution in [2.45, 2.75) is 19.6 Å². The molecule has 3 rings (SSSR count). The third kappa shape index (κ3) is 1.91. The average Bonchev–Trinajstić information content (AvgIpc) is 2.94. The lowest BCUT2D eigenvalue weighted by Crippen LogP contribution is -2.10. The Morgan fingerprint density at radius 3 is 3.11 bits per heavy atom.